The number of aliphatic hydroxyl groups is 1. The van der Waals surface area contributed by atoms with E-state index in [4.69, 9.17) is 11.6 Å². The Morgan fingerprint density at radius 2 is 2.12 bits per heavy atom. The molecule has 1 aromatic heterocycles. The van der Waals surface area contributed by atoms with Gasteiger partial charge in [-0.2, -0.15) is 0 Å². The van der Waals surface area contributed by atoms with Crippen molar-refractivity contribution in [2.24, 2.45) is 4.99 Å². The summed E-state index contributed by atoms with van der Waals surface area (Å²) in [5.41, 5.74) is -0.538. The van der Waals surface area contributed by atoms with E-state index in [1.165, 1.54) is 17.4 Å². The third kappa shape index (κ3) is 5.70. The van der Waals surface area contributed by atoms with E-state index in [1.54, 1.807) is 19.1 Å². The molecule has 0 saturated heterocycles. The number of hydrogen-bond acceptors (Lipinski definition) is 3. The van der Waals surface area contributed by atoms with Gasteiger partial charge in [-0.1, -0.05) is 23.7 Å². The molecular weight excluding hydrogens is 361 g/mol. The zero-order valence-electron chi connectivity index (χ0n) is 14.4. The number of benzene rings is 1. The average Bonchev–Trinajstić information content (AvgIpc) is 3.11. The van der Waals surface area contributed by atoms with Crippen molar-refractivity contribution in [2.45, 2.75) is 25.9 Å². The third-order valence-electron chi connectivity index (χ3n) is 3.67. The molecule has 25 heavy (non-hydrogen) atoms. The fourth-order valence-electron chi connectivity index (χ4n) is 2.31. The summed E-state index contributed by atoms with van der Waals surface area (Å²) in [6.45, 7) is 5.09. The van der Waals surface area contributed by atoms with Gasteiger partial charge in [-0.3, -0.25) is 0 Å². The van der Waals surface area contributed by atoms with E-state index in [9.17, 15) is 9.50 Å². The van der Waals surface area contributed by atoms with Crippen LogP contribution in [0, 0.1) is 5.82 Å². The predicted octanol–water partition coefficient (Wildman–Crippen LogP) is 3.55. The zero-order valence-corrected chi connectivity index (χ0v) is 15.9. The smallest absolute Gasteiger partial charge is 0.191 e. The Bertz CT molecular complexity index is 684. The summed E-state index contributed by atoms with van der Waals surface area (Å²) in [4.78, 5) is 5.31. The van der Waals surface area contributed by atoms with Crippen LogP contribution >= 0.6 is 22.9 Å². The van der Waals surface area contributed by atoms with Gasteiger partial charge in [-0.25, -0.2) is 9.38 Å². The number of thiophene rings is 1. The Hall–Kier alpha value is -1.63. The maximum Gasteiger partial charge on any atom is 0.191 e. The Labute approximate surface area is 156 Å². The monoisotopic (exact) mass is 383 g/mol. The summed E-state index contributed by atoms with van der Waals surface area (Å²) in [6, 6.07) is 8.46. The van der Waals surface area contributed by atoms with Crippen LogP contribution in [0.3, 0.4) is 0 Å². The molecule has 0 spiro atoms. The van der Waals surface area contributed by atoms with Crippen LogP contribution in [-0.2, 0) is 12.0 Å². The second-order valence-corrected chi connectivity index (χ2v) is 7.18. The molecule has 1 aromatic carbocycles. The standard InChI is InChI=1S/C18H23ClFN3OS/c1-3-21-17(23-12-18(2,24)16-8-5-11-25-16)22-10-9-13-14(19)6-4-7-15(13)20/h4-8,11,24H,3,9-10,12H2,1-2H3,(H2,21,22,23). The fraction of sp³-hybridized carbons (Fsp3) is 0.389. The molecule has 0 radical (unpaired) electrons. The van der Waals surface area contributed by atoms with Gasteiger partial charge in [-0.15, -0.1) is 11.3 Å². The van der Waals surface area contributed by atoms with Crippen LogP contribution < -0.4 is 10.6 Å². The highest BCUT2D eigenvalue weighted by Crippen LogP contribution is 2.25. The highest BCUT2D eigenvalue weighted by Gasteiger charge is 2.24. The van der Waals surface area contributed by atoms with E-state index < -0.39 is 5.60 Å². The number of nitrogens with zero attached hydrogens (tertiary/aromatic N) is 1. The van der Waals surface area contributed by atoms with E-state index in [1.807, 2.05) is 24.4 Å². The summed E-state index contributed by atoms with van der Waals surface area (Å²) in [5, 5.41) is 19.2. The molecule has 0 amide bonds. The lowest BCUT2D eigenvalue weighted by molar-refractivity contribution is 0.0711. The van der Waals surface area contributed by atoms with Gasteiger partial charge in [0.05, 0.1) is 6.54 Å². The molecule has 1 atom stereocenters. The summed E-state index contributed by atoms with van der Waals surface area (Å²) in [5.74, 6) is 0.267. The number of halogens is 2. The lowest BCUT2D eigenvalue weighted by atomic mass is 10.1. The molecule has 0 bridgehead atoms. The molecule has 1 heterocycles. The number of hydrogen-bond donors (Lipinski definition) is 3. The van der Waals surface area contributed by atoms with Gasteiger partial charge in [0.15, 0.2) is 5.96 Å². The molecule has 2 aromatic rings. The molecule has 136 valence electrons. The first-order valence-corrected chi connectivity index (χ1v) is 9.41. The molecule has 1 unspecified atom stereocenters. The molecule has 0 fully saturated rings. The minimum Gasteiger partial charge on any atom is -0.383 e. The Morgan fingerprint density at radius 3 is 2.76 bits per heavy atom. The summed E-state index contributed by atoms with van der Waals surface area (Å²) >= 11 is 7.54. The number of nitrogens with one attached hydrogen (secondary N) is 2. The minimum absolute atomic E-state index is 0.225. The largest absolute Gasteiger partial charge is 0.383 e. The molecule has 0 aliphatic rings. The quantitative estimate of drug-likeness (QED) is 0.506. The van der Waals surface area contributed by atoms with E-state index >= 15 is 0 Å². The molecule has 7 heteroatoms. The van der Waals surface area contributed by atoms with Crippen molar-refractivity contribution >= 4 is 28.9 Å². The fourth-order valence-corrected chi connectivity index (χ4v) is 3.35. The SMILES string of the molecule is CCNC(=NCC(C)(O)c1cccs1)NCCc1c(F)cccc1Cl. The molecule has 0 aliphatic carbocycles. The van der Waals surface area contributed by atoms with Crippen molar-refractivity contribution in [1.82, 2.24) is 10.6 Å². The van der Waals surface area contributed by atoms with Crippen molar-refractivity contribution in [3.63, 3.8) is 0 Å². The molecular formula is C18H23ClFN3OS. The highest BCUT2D eigenvalue weighted by atomic mass is 35.5. The van der Waals surface area contributed by atoms with E-state index in [2.05, 4.69) is 15.6 Å². The summed E-state index contributed by atoms with van der Waals surface area (Å²) in [7, 11) is 0. The lowest BCUT2D eigenvalue weighted by Gasteiger charge is -2.20. The van der Waals surface area contributed by atoms with Gasteiger partial charge in [0.1, 0.15) is 11.4 Å². The molecule has 0 saturated carbocycles. The van der Waals surface area contributed by atoms with Gasteiger partial charge in [-0.05, 0) is 43.8 Å². The molecule has 4 nitrogen and oxygen atoms in total. The van der Waals surface area contributed by atoms with Crippen LogP contribution in [0.5, 0.6) is 0 Å². The third-order valence-corrected chi connectivity index (χ3v) is 5.15. The minimum atomic E-state index is -1.02. The van der Waals surface area contributed by atoms with Gasteiger partial charge in [0.25, 0.3) is 0 Å². The number of rotatable bonds is 7. The highest BCUT2D eigenvalue weighted by molar-refractivity contribution is 7.10. The van der Waals surface area contributed by atoms with Gasteiger partial charge in [0, 0.05) is 28.6 Å². The van der Waals surface area contributed by atoms with Crippen molar-refractivity contribution in [3.05, 3.63) is 57.0 Å². The number of aliphatic imine (C=N–C) groups is 1. The van der Waals surface area contributed by atoms with Crippen LogP contribution in [-0.4, -0.2) is 30.7 Å². The van der Waals surface area contributed by atoms with Gasteiger partial charge >= 0.3 is 0 Å². The van der Waals surface area contributed by atoms with E-state index in [0.717, 1.165) is 4.88 Å². The first kappa shape index (κ1) is 19.7. The van der Waals surface area contributed by atoms with Gasteiger partial charge in [0.2, 0.25) is 0 Å². The van der Waals surface area contributed by atoms with Crippen LogP contribution in [0.2, 0.25) is 5.02 Å². The molecule has 2 rings (SSSR count). The van der Waals surface area contributed by atoms with E-state index in [-0.39, 0.29) is 12.4 Å². The van der Waals surface area contributed by atoms with Crippen molar-refractivity contribution in [3.8, 4) is 0 Å². The number of guanidine groups is 1. The second-order valence-electron chi connectivity index (χ2n) is 5.82. The van der Waals surface area contributed by atoms with Crippen molar-refractivity contribution in [1.29, 1.82) is 0 Å². The summed E-state index contributed by atoms with van der Waals surface area (Å²) in [6.07, 6.45) is 0.442. The topological polar surface area (TPSA) is 56.7 Å². The first-order valence-electron chi connectivity index (χ1n) is 8.15. The Balaban J connectivity index is 1.96. The Kier molecular flexibility index (Phi) is 7.23. The summed E-state index contributed by atoms with van der Waals surface area (Å²) < 4.78 is 13.8. The Morgan fingerprint density at radius 1 is 1.32 bits per heavy atom. The van der Waals surface area contributed by atoms with Crippen LogP contribution in [0.1, 0.15) is 24.3 Å². The normalized spacial score (nSPS) is 14.2. The second kappa shape index (κ2) is 9.17. The van der Waals surface area contributed by atoms with E-state index in [0.29, 0.717) is 36.1 Å². The van der Waals surface area contributed by atoms with Crippen molar-refractivity contribution in [2.75, 3.05) is 19.6 Å². The maximum absolute atomic E-state index is 13.8. The maximum atomic E-state index is 13.8. The molecule has 3 N–H and O–H groups in total. The van der Waals surface area contributed by atoms with Crippen LogP contribution in [0.15, 0.2) is 40.7 Å². The molecule has 0 aliphatic heterocycles. The van der Waals surface area contributed by atoms with Crippen molar-refractivity contribution < 1.29 is 9.50 Å². The zero-order chi connectivity index (χ0) is 18.3. The van der Waals surface area contributed by atoms with Crippen LogP contribution in [0.25, 0.3) is 0 Å². The predicted molar refractivity (Wildman–Crippen MR) is 103 cm³/mol. The van der Waals surface area contributed by atoms with Crippen LogP contribution in [0.4, 0.5) is 4.39 Å². The first-order chi connectivity index (χ1) is 11.9. The van der Waals surface area contributed by atoms with Gasteiger partial charge < -0.3 is 15.7 Å². The lowest BCUT2D eigenvalue weighted by Crippen LogP contribution is -2.39. The average molecular weight is 384 g/mol.